The molecule has 28 heavy (non-hydrogen) atoms. The Kier molecular flexibility index (Phi) is 7.25. The molecule has 0 saturated carbocycles. The maximum absolute atomic E-state index is 12.9. The quantitative estimate of drug-likeness (QED) is 0.633. The molecule has 0 spiro atoms. The van der Waals surface area contributed by atoms with Crippen LogP contribution in [0.5, 0.6) is 17.2 Å². The average Bonchev–Trinajstić information content (AvgIpc) is 2.72. The van der Waals surface area contributed by atoms with Crippen molar-refractivity contribution in [2.45, 2.75) is 19.8 Å². The molecule has 0 bridgehead atoms. The lowest BCUT2D eigenvalue weighted by Crippen LogP contribution is -2.39. The molecule has 6 heteroatoms. The zero-order valence-electron chi connectivity index (χ0n) is 16.1. The maximum Gasteiger partial charge on any atom is 0.309 e. The van der Waals surface area contributed by atoms with Gasteiger partial charge in [-0.25, -0.2) is 4.39 Å². The molecular formula is C22H26FNO4. The van der Waals surface area contributed by atoms with Crippen LogP contribution in [-0.4, -0.2) is 43.7 Å². The third-order valence-electron chi connectivity index (χ3n) is 4.76. The van der Waals surface area contributed by atoms with Gasteiger partial charge in [-0.15, -0.1) is 0 Å². The highest BCUT2D eigenvalue weighted by atomic mass is 19.1. The number of likely N-dealkylation sites (tertiary alicyclic amines) is 1. The van der Waals surface area contributed by atoms with E-state index in [1.165, 1.54) is 12.1 Å². The number of benzene rings is 2. The Balaban J connectivity index is 1.37. The van der Waals surface area contributed by atoms with Crippen LogP contribution < -0.4 is 9.47 Å². The van der Waals surface area contributed by atoms with Gasteiger partial charge in [-0.3, -0.25) is 9.69 Å². The first kappa shape index (κ1) is 20.1. The molecule has 0 aliphatic carbocycles. The molecule has 0 N–H and O–H groups in total. The van der Waals surface area contributed by atoms with E-state index in [9.17, 15) is 9.18 Å². The lowest BCUT2D eigenvalue weighted by Gasteiger charge is -2.30. The topological polar surface area (TPSA) is 48.0 Å². The fourth-order valence-corrected chi connectivity index (χ4v) is 3.19. The van der Waals surface area contributed by atoms with Crippen LogP contribution in [0.25, 0.3) is 0 Å². The maximum atomic E-state index is 12.9. The minimum atomic E-state index is -0.291. The van der Waals surface area contributed by atoms with Crippen LogP contribution in [0.3, 0.4) is 0 Å². The zero-order chi connectivity index (χ0) is 19.8. The van der Waals surface area contributed by atoms with Crippen LogP contribution in [-0.2, 0) is 9.53 Å². The molecule has 0 amide bonds. The normalized spacial score (nSPS) is 15.2. The summed E-state index contributed by atoms with van der Waals surface area (Å²) in [7, 11) is 0. The third-order valence-corrected chi connectivity index (χ3v) is 4.76. The van der Waals surface area contributed by atoms with Crippen LogP contribution in [0.1, 0.15) is 19.8 Å². The van der Waals surface area contributed by atoms with Gasteiger partial charge in [0.15, 0.2) is 0 Å². The number of piperidine rings is 1. The molecule has 150 valence electrons. The van der Waals surface area contributed by atoms with Crippen LogP contribution in [0, 0.1) is 11.7 Å². The summed E-state index contributed by atoms with van der Waals surface area (Å²) in [5, 5.41) is 0. The highest BCUT2D eigenvalue weighted by molar-refractivity contribution is 5.72. The second-order valence-electron chi connectivity index (χ2n) is 6.74. The van der Waals surface area contributed by atoms with Crippen molar-refractivity contribution in [2.24, 2.45) is 5.92 Å². The molecule has 0 radical (unpaired) electrons. The Morgan fingerprint density at radius 2 is 1.57 bits per heavy atom. The number of esters is 1. The van der Waals surface area contributed by atoms with E-state index in [-0.39, 0.29) is 17.7 Å². The summed E-state index contributed by atoms with van der Waals surface area (Å²) < 4.78 is 29.5. The van der Waals surface area contributed by atoms with Crippen LogP contribution in [0.15, 0.2) is 48.5 Å². The van der Waals surface area contributed by atoms with E-state index in [0.717, 1.165) is 38.2 Å². The fraction of sp³-hybridized carbons (Fsp3) is 0.409. The molecule has 1 heterocycles. The van der Waals surface area contributed by atoms with E-state index < -0.39 is 0 Å². The van der Waals surface area contributed by atoms with E-state index in [0.29, 0.717) is 24.7 Å². The summed E-state index contributed by atoms with van der Waals surface area (Å²) in [6, 6.07) is 13.3. The van der Waals surface area contributed by atoms with Gasteiger partial charge < -0.3 is 14.2 Å². The minimum absolute atomic E-state index is 0.0331. The molecule has 1 fully saturated rings. The number of nitrogens with zero attached hydrogens (tertiary/aromatic N) is 1. The van der Waals surface area contributed by atoms with Crippen molar-refractivity contribution >= 4 is 5.97 Å². The Hall–Kier alpha value is -2.60. The van der Waals surface area contributed by atoms with Gasteiger partial charge in [-0.1, -0.05) is 0 Å². The Morgan fingerprint density at radius 1 is 1.00 bits per heavy atom. The van der Waals surface area contributed by atoms with Crippen LogP contribution in [0.4, 0.5) is 4.39 Å². The Morgan fingerprint density at radius 3 is 2.18 bits per heavy atom. The van der Waals surface area contributed by atoms with Crippen molar-refractivity contribution in [1.29, 1.82) is 0 Å². The van der Waals surface area contributed by atoms with E-state index in [1.54, 1.807) is 12.1 Å². The minimum Gasteiger partial charge on any atom is -0.492 e. The molecule has 0 atom stereocenters. The van der Waals surface area contributed by atoms with Gasteiger partial charge >= 0.3 is 5.97 Å². The van der Waals surface area contributed by atoms with Crippen LogP contribution in [0.2, 0.25) is 0 Å². The number of hydrogen-bond donors (Lipinski definition) is 0. The summed E-state index contributed by atoms with van der Waals surface area (Å²) >= 11 is 0. The summed E-state index contributed by atoms with van der Waals surface area (Å²) in [6.07, 6.45) is 1.68. The smallest absolute Gasteiger partial charge is 0.309 e. The average molecular weight is 387 g/mol. The standard InChI is InChI=1S/C22H26FNO4/c1-2-26-22(25)17-11-13-24(14-12-17)15-16-27-19-7-9-21(10-8-19)28-20-5-3-18(23)4-6-20/h3-10,17H,2,11-16H2,1H3. The van der Waals surface area contributed by atoms with E-state index in [4.69, 9.17) is 14.2 Å². The molecule has 0 unspecified atom stereocenters. The highest BCUT2D eigenvalue weighted by Crippen LogP contribution is 2.24. The van der Waals surface area contributed by atoms with Gasteiger partial charge in [0.25, 0.3) is 0 Å². The largest absolute Gasteiger partial charge is 0.492 e. The van der Waals surface area contributed by atoms with Crippen LogP contribution >= 0.6 is 0 Å². The number of carbonyl (C=O) groups excluding carboxylic acids is 1. The molecule has 1 aliphatic rings. The van der Waals surface area contributed by atoms with Gasteiger partial charge in [-0.05, 0) is 81.4 Å². The predicted molar refractivity (Wildman–Crippen MR) is 104 cm³/mol. The van der Waals surface area contributed by atoms with Gasteiger partial charge in [0.1, 0.15) is 29.7 Å². The summed E-state index contributed by atoms with van der Waals surface area (Å²) in [5.74, 6) is 1.70. The van der Waals surface area contributed by atoms with Crippen molar-refractivity contribution in [3.8, 4) is 17.2 Å². The van der Waals surface area contributed by atoms with Crippen molar-refractivity contribution in [1.82, 2.24) is 4.90 Å². The van der Waals surface area contributed by atoms with E-state index >= 15 is 0 Å². The fourth-order valence-electron chi connectivity index (χ4n) is 3.19. The van der Waals surface area contributed by atoms with Gasteiger partial charge in [0, 0.05) is 6.54 Å². The first-order valence-electron chi connectivity index (χ1n) is 9.69. The molecule has 3 rings (SSSR count). The lowest BCUT2D eigenvalue weighted by molar-refractivity contribution is -0.149. The molecule has 2 aromatic carbocycles. The molecule has 0 aromatic heterocycles. The van der Waals surface area contributed by atoms with E-state index in [1.807, 2.05) is 31.2 Å². The molecule has 5 nitrogen and oxygen atoms in total. The second-order valence-corrected chi connectivity index (χ2v) is 6.74. The van der Waals surface area contributed by atoms with Crippen molar-refractivity contribution in [3.63, 3.8) is 0 Å². The number of rotatable bonds is 8. The summed E-state index contributed by atoms with van der Waals surface area (Å²) in [4.78, 5) is 14.1. The Labute approximate surface area is 165 Å². The molecular weight excluding hydrogens is 361 g/mol. The van der Waals surface area contributed by atoms with Gasteiger partial charge in [0.05, 0.1) is 12.5 Å². The monoisotopic (exact) mass is 387 g/mol. The van der Waals surface area contributed by atoms with Crippen molar-refractivity contribution in [3.05, 3.63) is 54.3 Å². The predicted octanol–water partition coefficient (Wildman–Crippen LogP) is 4.27. The Bertz CT molecular complexity index is 740. The van der Waals surface area contributed by atoms with E-state index in [2.05, 4.69) is 4.90 Å². The SMILES string of the molecule is CCOC(=O)C1CCN(CCOc2ccc(Oc3ccc(F)cc3)cc2)CC1. The second kappa shape index (κ2) is 10.1. The zero-order valence-corrected chi connectivity index (χ0v) is 16.1. The first-order chi connectivity index (χ1) is 13.6. The highest BCUT2D eigenvalue weighted by Gasteiger charge is 2.25. The molecule has 2 aromatic rings. The lowest BCUT2D eigenvalue weighted by atomic mass is 9.97. The van der Waals surface area contributed by atoms with Gasteiger partial charge in [0.2, 0.25) is 0 Å². The number of halogens is 1. The summed E-state index contributed by atoms with van der Waals surface area (Å²) in [5.41, 5.74) is 0. The summed E-state index contributed by atoms with van der Waals surface area (Å²) in [6.45, 7) is 5.46. The van der Waals surface area contributed by atoms with Crippen molar-refractivity contribution in [2.75, 3.05) is 32.8 Å². The molecule has 1 aliphatic heterocycles. The molecule has 1 saturated heterocycles. The number of ether oxygens (including phenoxy) is 3. The van der Waals surface area contributed by atoms with Gasteiger partial charge in [-0.2, -0.15) is 0 Å². The number of hydrogen-bond acceptors (Lipinski definition) is 5. The third kappa shape index (κ3) is 5.96. The van der Waals surface area contributed by atoms with Crippen molar-refractivity contribution < 1.29 is 23.4 Å². The first-order valence-corrected chi connectivity index (χ1v) is 9.69. The number of carbonyl (C=O) groups is 1.